The van der Waals surface area contributed by atoms with Crippen LogP contribution in [0, 0.1) is 11.3 Å². The molecule has 0 bridgehead atoms. The summed E-state index contributed by atoms with van der Waals surface area (Å²) in [7, 11) is 0. The Labute approximate surface area is 129 Å². The van der Waals surface area contributed by atoms with Crippen LogP contribution in [-0.4, -0.2) is 18.8 Å². The van der Waals surface area contributed by atoms with Gasteiger partial charge in [-0.2, -0.15) is 0 Å². The van der Waals surface area contributed by atoms with E-state index in [-0.39, 0.29) is 5.60 Å². The molecule has 2 heterocycles. The third kappa shape index (κ3) is 4.10. The fourth-order valence-electron chi connectivity index (χ4n) is 3.57. The highest BCUT2D eigenvalue weighted by Crippen LogP contribution is 2.47. The average molecular weight is 293 g/mol. The lowest BCUT2D eigenvalue weighted by molar-refractivity contribution is -0.132. The molecule has 0 aliphatic carbocycles. The fraction of sp³-hybridized carbons (Fsp3) is 0.778. The van der Waals surface area contributed by atoms with E-state index >= 15 is 0 Å². The molecule has 2 atom stereocenters. The molecule has 0 spiro atoms. The van der Waals surface area contributed by atoms with Crippen molar-refractivity contribution < 1.29 is 9.15 Å². The Morgan fingerprint density at radius 2 is 2.19 bits per heavy atom. The van der Waals surface area contributed by atoms with Crippen LogP contribution in [0.2, 0.25) is 0 Å². The van der Waals surface area contributed by atoms with Crippen LogP contribution in [-0.2, 0) is 11.3 Å². The Bertz CT molecular complexity index is 415. The van der Waals surface area contributed by atoms with Gasteiger partial charge in [-0.1, -0.05) is 20.8 Å². The Morgan fingerprint density at radius 1 is 1.38 bits per heavy atom. The largest absolute Gasteiger partial charge is 0.468 e. The summed E-state index contributed by atoms with van der Waals surface area (Å²) in [5.41, 5.74) is 0.461. The molecule has 1 aromatic rings. The first-order chi connectivity index (χ1) is 10.00. The van der Waals surface area contributed by atoms with E-state index in [1.165, 1.54) is 19.3 Å². The molecule has 0 radical (unpaired) electrons. The number of rotatable bonds is 7. The predicted octanol–water partition coefficient (Wildman–Crippen LogP) is 4.38. The van der Waals surface area contributed by atoms with Crippen molar-refractivity contribution in [2.45, 2.75) is 65.5 Å². The molecule has 1 aliphatic heterocycles. The maximum absolute atomic E-state index is 6.05. The summed E-state index contributed by atoms with van der Waals surface area (Å²) in [5.74, 6) is 1.71. The van der Waals surface area contributed by atoms with E-state index in [4.69, 9.17) is 9.15 Å². The van der Waals surface area contributed by atoms with Crippen molar-refractivity contribution >= 4 is 0 Å². The Hall–Kier alpha value is -0.800. The minimum Gasteiger partial charge on any atom is -0.468 e. The maximum atomic E-state index is 6.05. The van der Waals surface area contributed by atoms with Crippen LogP contribution >= 0.6 is 0 Å². The molecule has 120 valence electrons. The molecule has 21 heavy (non-hydrogen) atoms. The van der Waals surface area contributed by atoms with Crippen molar-refractivity contribution in [1.29, 1.82) is 0 Å². The summed E-state index contributed by atoms with van der Waals surface area (Å²) < 4.78 is 11.4. The summed E-state index contributed by atoms with van der Waals surface area (Å²) >= 11 is 0. The van der Waals surface area contributed by atoms with Crippen LogP contribution in [0.5, 0.6) is 0 Å². The van der Waals surface area contributed by atoms with Gasteiger partial charge in [-0.05, 0) is 62.6 Å². The number of nitrogens with one attached hydrogen (secondary N) is 1. The second kappa shape index (κ2) is 6.97. The van der Waals surface area contributed by atoms with E-state index in [2.05, 4.69) is 33.0 Å². The third-order valence-electron chi connectivity index (χ3n) is 5.43. The molecular formula is C18H31NO2. The molecule has 3 nitrogen and oxygen atoms in total. The monoisotopic (exact) mass is 293 g/mol. The van der Waals surface area contributed by atoms with Gasteiger partial charge in [-0.15, -0.1) is 0 Å². The lowest BCUT2D eigenvalue weighted by Crippen LogP contribution is -2.46. The van der Waals surface area contributed by atoms with Crippen LogP contribution in [0.1, 0.15) is 59.1 Å². The quantitative estimate of drug-likeness (QED) is 0.758. The van der Waals surface area contributed by atoms with Gasteiger partial charge in [0.15, 0.2) is 0 Å². The van der Waals surface area contributed by atoms with E-state index in [0.717, 1.165) is 31.9 Å². The second-order valence-corrected chi connectivity index (χ2v) is 7.10. The molecule has 3 heteroatoms. The summed E-state index contributed by atoms with van der Waals surface area (Å²) in [5, 5.41) is 3.53. The van der Waals surface area contributed by atoms with Crippen molar-refractivity contribution in [3.8, 4) is 0 Å². The summed E-state index contributed by atoms with van der Waals surface area (Å²) in [4.78, 5) is 0. The van der Waals surface area contributed by atoms with Gasteiger partial charge < -0.3 is 14.5 Å². The molecule has 0 aromatic carbocycles. The van der Waals surface area contributed by atoms with Crippen LogP contribution in [0.25, 0.3) is 0 Å². The van der Waals surface area contributed by atoms with Crippen molar-refractivity contribution in [1.82, 2.24) is 5.32 Å². The first kappa shape index (κ1) is 16.6. The molecule has 1 saturated heterocycles. The van der Waals surface area contributed by atoms with Gasteiger partial charge in [0.1, 0.15) is 5.76 Å². The van der Waals surface area contributed by atoms with Crippen LogP contribution < -0.4 is 5.32 Å². The van der Waals surface area contributed by atoms with Crippen LogP contribution in [0.15, 0.2) is 22.8 Å². The first-order valence-electron chi connectivity index (χ1n) is 8.37. The SMILES string of the molecule is CC[C@@]1(C)C[C@@](CCNCc2ccco2)(C(C)C)CCO1. The van der Waals surface area contributed by atoms with Crippen molar-refractivity contribution in [3.05, 3.63) is 24.2 Å². The highest BCUT2D eigenvalue weighted by Gasteiger charge is 2.43. The molecule has 0 unspecified atom stereocenters. The van der Waals surface area contributed by atoms with Crippen LogP contribution in [0.4, 0.5) is 0 Å². The standard InChI is InChI=1S/C18H31NO2/c1-5-17(4)14-18(15(2)3,9-12-21-17)8-10-19-13-16-7-6-11-20-16/h6-7,11,15,19H,5,8-10,12-14H2,1-4H3/t17-,18-/m0/s1. The van der Waals surface area contributed by atoms with E-state index in [9.17, 15) is 0 Å². The third-order valence-corrected chi connectivity index (χ3v) is 5.43. The summed E-state index contributed by atoms with van der Waals surface area (Å²) in [6.45, 7) is 12.0. The van der Waals surface area contributed by atoms with Gasteiger partial charge >= 0.3 is 0 Å². The molecule has 0 saturated carbocycles. The van der Waals surface area contributed by atoms with E-state index in [0.29, 0.717) is 11.3 Å². The van der Waals surface area contributed by atoms with Gasteiger partial charge in [0.2, 0.25) is 0 Å². The van der Waals surface area contributed by atoms with Gasteiger partial charge in [-0.3, -0.25) is 0 Å². The Morgan fingerprint density at radius 3 is 2.81 bits per heavy atom. The Kier molecular flexibility index (Phi) is 5.50. The van der Waals surface area contributed by atoms with E-state index in [1.807, 2.05) is 12.1 Å². The number of furan rings is 1. The van der Waals surface area contributed by atoms with Crippen molar-refractivity contribution in [3.63, 3.8) is 0 Å². The molecule has 1 aliphatic rings. The molecule has 1 N–H and O–H groups in total. The summed E-state index contributed by atoms with van der Waals surface area (Å²) in [6.07, 6.45) is 6.41. The zero-order valence-corrected chi connectivity index (χ0v) is 14.1. The topological polar surface area (TPSA) is 34.4 Å². The van der Waals surface area contributed by atoms with Crippen LogP contribution in [0.3, 0.4) is 0 Å². The lowest BCUT2D eigenvalue weighted by atomic mass is 9.64. The van der Waals surface area contributed by atoms with Gasteiger partial charge in [0, 0.05) is 6.61 Å². The fourth-order valence-corrected chi connectivity index (χ4v) is 3.57. The number of hydrogen-bond acceptors (Lipinski definition) is 3. The molecule has 2 rings (SSSR count). The molecule has 0 amide bonds. The highest BCUT2D eigenvalue weighted by atomic mass is 16.5. The zero-order chi connectivity index (χ0) is 15.3. The average Bonchev–Trinajstić information content (AvgIpc) is 2.97. The zero-order valence-electron chi connectivity index (χ0n) is 14.1. The smallest absolute Gasteiger partial charge is 0.117 e. The number of ether oxygens (including phenoxy) is 1. The van der Waals surface area contributed by atoms with Gasteiger partial charge in [0.05, 0.1) is 18.4 Å². The predicted molar refractivity (Wildman–Crippen MR) is 86.2 cm³/mol. The minimum absolute atomic E-state index is 0.0591. The molecule has 1 aromatic heterocycles. The lowest BCUT2D eigenvalue weighted by Gasteiger charge is -2.49. The minimum atomic E-state index is 0.0591. The number of hydrogen-bond donors (Lipinski definition) is 1. The van der Waals surface area contributed by atoms with E-state index in [1.54, 1.807) is 6.26 Å². The molecular weight excluding hydrogens is 262 g/mol. The van der Waals surface area contributed by atoms with Crippen molar-refractivity contribution in [2.24, 2.45) is 11.3 Å². The molecule has 1 fully saturated rings. The summed E-state index contributed by atoms with van der Waals surface area (Å²) in [6, 6.07) is 3.96. The normalized spacial score (nSPS) is 30.0. The van der Waals surface area contributed by atoms with E-state index < -0.39 is 0 Å². The Balaban J connectivity index is 1.89. The maximum Gasteiger partial charge on any atom is 0.117 e. The van der Waals surface area contributed by atoms with Gasteiger partial charge in [0.25, 0.3) is 0 Å². The van der Waals surface area contributed by atoms with Crippen molar-refractivity contribution in [2.75, 3.05) is 13.2 Å². The van der Waals surface area contributed by atoms with Gasteiger partial charge in [-0.25, -0.2) is 0 Å². The first-order valence-corrected chi connectivity index (χ1v) is 8.37. The second-order valence-electron chi connectivity index (χ2n) is 7.10. The highest BCUT2D eigenvalue weighted by molar-refractivity contribution is 4.98.